The molecule has 0 aromatic heterocycles. The fourth-order valence-corrected chi connectivity index (χ4v) is 1.89. The third-order valence-electron chi connectivity index (χ3n) is 2.64. The predicted molar refractivity (Wildman–Crippen MR) is 58.1 cm³/mol. The van der Waals surface area contributed by atoms with E-state index in [1.165, 1.54) is 12.6 Å². The maximum absolute atomic E-state index is 3.49. The van der Waals surface area contributed by atoms with Crippen LogP contribution in [-0.4, -0.2) is 32.7 Å². The summed E-state index contributed by atoms with van der Waals surface area (Å²) >= 11 is 0. The Labute approximate surface area is 77.0 Å². The minimum absolute atomic E-state index is 0.441. The fraction of sp³-hybridized carbons (Fsp3) is 1.00. The first-order valence-corrected chi connectivity index (χ1v) is 4.93. The summed E-state index contributed by atoms with van der Waals surface area (Å²) in [4.78, 5) is 0. The molecule has 1 aliphatic heterocycles. The molecule has 0 spiro atoms. The smallest absolute Gasteiger partial charge is 0.286 e. The number of hydrogen-bond donors (Lipinski definition) is 2. The van der Waals surface area contributed by atoms with Crippen LogP contribution in [0.5, 0.6) is 0 Å². The largest absolute Gasteiger partial charge is 0.371 e. The van der Waals surface area contributed by atoms with Crippen LogP contribution < -0.4 is 10.3 Å². The summed E-state index contributed by atoms with van der Waals surface area (Å²) in [6.45, 7) is 8.13. The van der Waals surface area contributed by atoms with Crippen LogP contribution in [0.15, 0.2) is 0 Å². The molecule has 1 fully saturated rings. The number of nitrogens with one attached hydrogen (secondary N) is 2. The third-order valence-corrected chi connectivity index (χ3v) is 2.64. The van der Waals surface area contributed by atoms with Crippen molar-refractivity contribution in [2.75, 3.05) is 7.05 Å². The van der Waals surface area contributed by atoms with Crippen LogP contribution in [0.25, 0.3) is 0 Å². The highest BCUT2D eigenvalue weighted by Crippen LogP contribution is 2.04. The Kier molecular flexibility index (Phi) is 3.68. The van der Waals surface area contributed by atoms with Crippen molar-refractivity contribution in [1.29, 1.82) is 0 Å². The summed E-state index contributed by atoms with van der Waals surface area (Å²) in [6, 6.07) is 0. The molecule has 2 N–H and O–H groups in total. The molecular formula is C6H18B3N3. The molecular weight excluding hydrogens is 147 g/mol. The quantitative estimate of drug-likeness (QED) is 0.573. The second-order valence-electron chi connectivity index (χ2n) is 3.57. The van der Waals surface area contributed by atoms with Gasteiger partial charge in [-0.1, -0.05) is 20.7 Å². The van der Waals surface area contributed by atoms with Gasteiger partial charge >= 0.3 is 0 Å². The zero-order valence-corrected chi connectivity index (χ0v) is 8.59. The molecule has 0 radical (unpaired) electrons. The van der Waals surface area contributed by atoms with Crippen molar-refractivity contribution in [2.45, 2.75) is 33.3 Å². The van der Waals surface area contributed by atoms with Crippen molar-refractivity contribution in [3.8, 4) is 0 Å². The first kappa shape index (κ1) is 10.2. The van der Waals surface area contributed by atoms with E-state index in [9.17, 15) is 0 Å². The third kappa shape index (κ3) is 2.06. The van der Waals surface area contributed by atoms with Crippen LogP contribution in [0.1, 0.15) is 13.8 Å². The summed E-state index contributed by atoms with van der Waals surface area (Å²) < 4.78 is 2.38. The minimum atomic E-state index is 0.441. The zero-order chi connectivity index (χ0) is 9.14. The molecule has 66 valence electrons. The topological polar surface area (TPSA) is 27.3 Å². The Bertz CT molecular complexity index is 132. The lowest BCUT2D eigenvalue weighted by atomic mass is 9.46. The van der Waals surface area contributed by atoms with E-state index < -0.39 is 0 Å². The van der Waals surface area contributed by atoms with Gasteiger partial charge in [0, 0.05) is 0 Å². The van der Waals surface area contributed by atoms with Crippen LogP contribution >= 0.6 is 0 Å². The van der Waals surface area contributed by atoms with Crippen molar-refractivity contribution in [3.63, 3.8) is 0 Å². The van der Waals surface area contributed by atoms with Gasteiger partial charge in [0.15, 0.2) is 0 Å². The van der Waals surface area contributed by atoms with E-state index in [1.54, 1.807) is 0 Å². The Hall–Kier alpha value is 0.0748. The van der Waals surface area contributed by atoms with Gasteiger partial charge in [-0.2, -0.15) is 0 Å². The molecule has 6 heteroatoms. The van der Waals surface area contributed by atoms with E-state index >= 15 is 0 Å². The number of nitrogens with zero attached hydrogens (tertiary/aromatic N) is 1. The van der Waals surface area contributed by atoms with Crippen molar-refractivity contribution < 1.29 is 0 Å². The normalized spacial score (nSPS) is 20.5. The molecule has 1 aliphatic rings. The van der Waals surface area contributed by atoms with Crippen LogP contribution in [0.4, 0.5) is 0 Å². The lowest BCUT2D eigenvalue weighted by molar-refractivity contribution is 0.737. The van der Waals surface area contributed by atoms with Crippen LogP contribution in [0.3, 0.4) is 0 Å². The Balaban J connectivity index is 2.55. The van der Waals surface area contributed by atoms with Crippen LogP contribution in [0.2, 0.25) is 19.5 Å². The molecule has 0 bridgehead atoms. The average Bonchev–Trinajstić information content (AvgIpc) is 2.08. The molecule has 12 heavy (non-hydrogen) atoms. The van der Waals surface area contributed by atoms with Crippen molar-refractivity contribution in [3.05, 3.63) is 0 Å². The van der Waals surface area contributed by atoms with Gasteiger partial charge in [-0.05, 0) is 19.7 Å². The van der Waals surface area contributed by atoms with Crippen molar-refractivity contribution in [2.24, 2.45) is 0 Å². The minimum Gasteiger partial charge on any atom is -0.371 e. The molecule has 1 rings (SSSR count). The highest BCUT2D eigenvalue weighted by atomic mass is 15.2. The molecule has 0 aliphatic carbocycles. The van der Waals surface area contributed by atoms with E-state index in [-0.39, 0.29) is 0 Å². The second kappa shape index (κ2) is 4.35. The first-order valence-electron chi connectivity index (χ1n) is 4.93. The second-order valence-corrected chi connectivity index (χ2v) is 3.57. The molecule has 3 nitrogen and oxygen atoms in total. The highest BCUT2D eigenvalue weighted by molar-refractivity contribution is 6.86. The lowest BCUT2D eigenvalue weighted by Crippen LogP contribution is -2.73. The summed E-state index contributed by atoms with van der Waals surface area (Å²) in [6.07, 6.45) is 2.33. The Morgan fingerprint density at radius 2 is 1.50 bits per heavy atom. The maximum Gasteiger partial charge on any atom is 0.286 e. The van der Waals surface area contributed by atoms with Gasteiger partial charge < -0.3 is 15.0 Å². The monoisotopic (exact) mass is 165 g/mol. The molecule has 0 aromatic rings. The van der Waals surface area contributed by atoms with Crippen LogP contribution in [0, 0.1) is 0 Å². The average molecular weight is 165 g/mol. The van der Waals surface area contributed by atoms with Gasteiger partial charge in [0.05, 0.1) is 0 Å². The van der Waals surface area contributed by atoms with E-state index in [2.05, 4.69) is 42.7 Å². The SMILES string of the molecule is CCB1NB(C)NB(CC)N1C. The van der Waals surface area contributed by atoms with E-state index in [0.29, 0.717) is 20.9 Å². The van der Waals surface area contributed by atoms with E-state index in [1.807, 2.05) is 0 Å². The summed E-state index contributed by atoms with van der Waals surface area (Å²) in [7, 11) is 2.17. The molecule has 1 heterocycles. The standard InChI is InChI=1S/C6H18B3N3/c1-5-8-10-7(3)11-9(6-2)12(8)4/h10-11H,5-6H2,1-4H3. The fourth-order valence-electron chi connectivity index (χ4n) is 1.89. The van der Waals surface area contributed by atoms with Gasteiger partial charge in [-0.3, -0.25) is 0 Å². The lowest BCUT2D eigenvalue weighted by Gasteiger charge is -2.38. The van der Waals surface area contributed by atoms with Gasteiger partial charge in [0.1, 0.15) is 0 Å². The zero-order valence-electron chi connectivity index (χ0n) is 8.59. The van der Waals surface area contributed by atoms with E-state index in [4.69, 9.17) is 0 Å². The molecule has 0 aromatic carbocycles. The first-order chi connectivity index (χ1) is 5.69. The van der Waals surface area contributed by atoms with Gasteiger partial charge in [-0.15, -0.1) is 0 Å². The molecule has 1 saturated heterocycles. The molecule has 0 atom stereocenters. The van der Waals surface area contributed by atoms with Crippen molar-refractivity contribution >= 4 is 20.9 Å². The number of hydrogen-bond acceptors (Lipinski definition) is 3. The molecule has 0 unspecified atom stereocenters. The summed E-state index contributed by atoms with van der Waals surface area (Å²) in [5.74, 6) is 0. The van der Waals surface area contributed by atoms with Gasteiger partial charge in [0.25, 0.3) is 20.9 Å². The van der Waals surface area contributed by atoms with Crippen LogP contribution in [-0.2, 0) is 0 Å². The highest BCUT2D eigenvalue weighted by Gasteiger charge is 2.35. The van der Waals surface area contributed by atoms with E-state index in [0.717, 1.165) is 0 Å². The Morgan fingerprint density at radius 3 is 1.83 bits per heavy atom. The molecule has 0 saturated carbocycles. The maximum atomic E-state index is 3.49. The molecule has 0 amide bonds. The summed E-state index contributed by atoms with van der Waals surface area (Å²) in [5.41, 5.74) is 0. The van der Waals surface area contributed by atoms with Gasteiger partial charge in [0.2, 0.25) is 0 Å². The summed E-state index contributed by atoms with van der Waals surface area (Å²) in [5, 5.41) is 6.99. The number of rotatable bonds is 2. The Morgan fingerprint density at radius 1 is 1.08 bits per heavy atom. The van der Waals surface area contributed by atoms with Crippen molar-refractivity contribution in [1.82, 2.24) is 15.0 Å². The predicted octanol–water partition coefficient (Wildman–Crippen LogP) is 0.245. The van der Waals surface area contributed by atoms with Gasteiger partial charge in [-0.25, -0.2) is 0 Å².